The maximum Gasteiger partial charge on any atom is 0.334 e. The van der Waals surface area contributed by atoms with E-state index in [-0.39, 0.29) is 18.6 Å². The van der Waals surface area contributed by atoms with Crippen LogP contribution in [-0.2, 0) is 14.3 Å². The van der Waals surface area contributed by atoms with Crippen LogP contribution in [0.25, 0.3) is 0 Å². The molecule has 20 heavy (non-hydrogen) atoms. The van der Waals surface area contributed by atoms with E-state index < -0.39 is 25.9 Å². The molecule has 0 heterocycles. The van der Waals surface area contributed by atoms with E-state index in [1.54, 1.807) is 19.1 Å². The molecule has 0 aromatic heterocycles. The zero-order valence-corrected chi connectivity index (χ0v) is 13.7. The summed E-state index contributed by atoms with van der Waals surface area (Å²) in [6, 6.07) is 0. The number of carboxylic acids is 1. The van der Waals surface area contributed by atoms with Gasteiger partial charge >= 0.3 is 11.9 Å². The highest BCUT2D eigenvalue weighted by molar-refractivity contribution is 6.81. The molecule has 0 spiro atoms. The van der Waals surface area contributed by atoms with Crippen molar-refractivity contribution >= 4 is 20.0 Å². The first-order valence-electron chi connectivity index (χ1n) is 6.63. The highest BCUT2D eigenvalue weighted by atomic mass is 28.3. The molecule has 4 nitrogen and oxygen atoms in total. The SMILES string of the molecule is C=CCC(C(=O)O)/C(=C\C=C\[Si](C)(C)C)C(=O)OCC. The van der Waals surface area contributed by atoms with Crippen molar-refractivity contribution in [1.29, 1.82) is 0 Å². The van der Waals surface area contributed by atoms with Crippen LogP contribution >= 0.6 is 0 Å². The molecule has 0 saturated heterocycles. The minimum atomic E-state index is -1.40. The van der Waals surface area contributed by atoms with Gasteiger partial charge in [0.15, 0.2) is 0 Å². The van der Waals surface area contributed by atoms with Gasteiger partial charge in [0.2, 0.25) is 0 Å². The van der Waals surface area contributed by atoms with Gasteiger partial charge in [0.1, 0.15) is 0 Å². The summed E-state index contributed by atoms with van der Waals surface area (Å²) < 4.78 is 4.94. The molecule has 5 heteroatoms. The molecular weight excluding hydrogens is 272 g/mol. The smallest absolute Gasteiger partial charge is 0.334 e. The average molecular weight is 296 g/mol. The lowest BCUT2D eigenvalue weighted by molar-refractivity contribution is -0.145. The Morgan fingerprint density at radius 3 is 2.35 bits per heavy atom. The molecule has 0 aliphatic carbocycles. The molecule has 1 N–H and O–H groups in total. The lowest BCUT2D eigenvalue weighted by atomic mass is 9.95. The van der Waals surface area contributed by atoms with Gasteiger partial charge in [-0.15, -0.1) is 6.58 Å². The summed E-state index contributed by atoms with van der Waals surface area (Å²) in [7, 11) is -1.40. The predicted molar refractivity (Wildman–Crippen MR) is 83.1 cm³/mol. The lowest BCUT2D eigenvalue weighted by Gasteiger charge is -2.13. The Labute approximate surface area is 121 Å². The van der Waals surface area contributed by atoms with Crippen molar-refractivity contribution in [2.75, 3.05) is 6.61 Å². The Morgan fingerprint density at radius 1 is 1.35 bits per heavy atom. The number of carbonyl (C=O) groups excluding carboxylic acids is 1. The number of allylic oxidation sites excluding steroid dienone is 3. The number of carbonyl (C=O) groups is 2. The van der Waals surface area contributed by atoms with Gasteiger partial charge in [0, 0.05) is 0 Å². The van der Waals surface area contributed by atoms with Gasteiger partial charge in [-0.05, 0) is 13.3 Å². The summed E-state index contributed by atoms with van der Waals surface area (Å²) in [5, 5.41) is 9.24. The quantitative estimate of drug-likeness (QED) is 0.246. The van der Waals surface area contributed by atoms with E-state index in [4.69, 9.17) is 4.74 Å². The number of carboxylic acid groups (broad SMARTS) is 1. The molecule has 0 aromatic rings. The van der Waals surface area contributed by atoms with Crippen molar-refractivity contribution in [2.24, 2.45) is 5.92 Å². The fraction of sp³-hybridized carbons (Fsp3) is 0.467. The standard InChI is InChI=1S/C15H24O4Si/c1-6-9-12(14(16)17)13(15(18)19-7-2)10-8-11-20(3,4)5/h6,8,10-12H,1,7,9H2,2-5H3,(H,16,17)/b11-8+,13-10+. The lowest BCUT2D eigenvalue weighted by Crippen LogP contribution is -2.23. The van der Waals surface area contributed by atoms with Gasteiger partial charge < -0.3 is 9.84 Å². The molecule has 0 aliphatic rings. The monoisotopic (exact) mass is 296 g/mol. The molecule has 0 radical (unpaired) electrons. The predicted octanol–water partition coefficient (Wildman–Crippen LogP) is 3.19. The Bertz CT molecular complexity index is 416. The third-order valence-corrected chi connectivity index (χ3v) is 3.65. The third-order valence-electron chi connectivity index (χ3n) is 2.46. The van der Waals surface area contributed by atoms with E-state index in [0.717, 1.165) is 0 Å². The summed E-state index contributed by atoms with van der Waals surface area (Å²) >= 11 is 0. The Balaban J connectivity index is 5.40. The van der Waals surface area contributed by atoms with Crippen molar-refractivity contribution < 1.29 is 19.4 Å². The fourth-order valence-corrected chi connectivity index (χ4v) is 2.18. The van der Waals surface area contributed by atoms with E-state index in [9.17, 15) is 14.7 Å². The summed E-state index contributed by atoms with van der Waals surface area (Å²) in [4.78, 5) is 23.2. The molecule has 0 fully saturated rings. The normalized spacial score (nSPS) is 14.1. The van der Waals surface area contributed by atoms with Crippen LogP contribution in [0.1, 0.15) is 13.3 Å². The second-order valence-electron chi connectivity index (χ2n) is 5.48. The van der Waals surface area contributed by atoms with Crippen LogP contribution in [-0.4, -0.2) is 31.7 Å². The molecule has 0 rings (SSSR count). The zero-order chi connectivity index (χ0) is 15.8. The summed E-state index contributed by atoms with van der Waals surface area (Å²) in [5.74, 6) is -2.55. The van der Waals surface area contributed by atoms with E-state index in [1.807, 2.05) is 5.70 Å². The van der Waals surface area contributed by atoms with Gasteiger partial charge in [-0.1, -0.05) is 43.6 Å². The molecule has 0 amide bonds. The minimum Gasteiger partial charge on any atom is -0.481 e. The van der Waals surface area contributed by atoms with Gasteiger partial charge in [-0.3, -0.25) is 4.79 Å². The average Bonchev–Trinajstić information content (AvgIpc) is 2.31. The minimum absolute atomic E-state index is 0.161. The maximum absolute atomic E-state index is 11.9. The first kappa shape index (κ1) is 18.4. The molecule has 112 valence electrons. The molecule has 0 aliphatic heterocycles. The van der Waals surface area contributed by atoms with Crippen molar-refractivity contribution in [3.05, 3.63) is 36.1 Å². The van der Waals surface area contributed by atoms with Gasteiger partial charge in [-0.25, -0.2) is 4.79 Å². The summed E-state index contributed by atoms with van der Waals surface area (Å²) in [6.07, 6.45) is 5.00. The van der Waals surface area contributed by atoms with Crippen LogP contribution in [0.5, 0.6) is 0 Å². The molecule has 1 atom stereocenters. The van der Waals surface area contributed by atoms with Crippen LogP contribution < -0.4 is 0 Å². The number of ether oxygens (including phenoxy) is 1. The van der Waals surface area contributed by atoms with Crippen LogP contribution in [0.2, 0.25) is 19.6 Å². The number of rotatable bonds is 8. The topological polar surface area (TPSA) is 63.6 Å². The number of esters is 1. The van der Waals surface area contributed by atoms with Crippen molar-refractivity contribution in [1.82, 2.24) is 0 Å². The van der Waals surface area contributed by atoms with E-state index >= 15 is 0 Å². The second kappa shape index (κ2) is 8.53. The number of hydrogen-bond donors (Lipinski definition) is 1. The van der Waals surface area contributed by atoms with Crippen LogP contribution in [0.15, 0.2) is 36.1 Å². The van der Waals surface area contributed by atoms with Gasteiger partial charge in [0.05, 0.1) is 26.2 Å². The van der Waals surface area contributed by atoms with Gasteiger partial charge in [-0.2, -0.15) is 0 Å². The van der Waals surface area contributed by atoms with Crippen molar-refractivity contribution in [2.45, 2.75) is 33.0 Å². The largest absolute Gasteiger partial charge is 0.481 e. The highest BCUT2D eigenvalue weighted by Gasteiger charge is 2.26. The first-order valence-corrected chi connectivity index (χ1v) is 10.2. The van der Waals surface area contributed by atoms with Crippen LogP contribution in [0, 0.1) is 5.92 Å². The van der Waals surface area contributed by atoms with Gasteiger partial charge in [0.25, 0.3) is 0 Å². The number of aliphatic carboxylic acids is 1. The summed E-state index contributed by atoms with van der Waals surface area (Å²) in [6.45, 7) is 11.9. The van der Waals surface area contributed by atoms with E-state index in [2.05, 4.69) is 26.2 Å². The molecular formula is C15H24O4Si. The maximum atomic E-state index is 11.9. The fourth-order valence-electron chi connectivity index (χ4n) is 1.51. The highest BCUT2D eigenvalue weighted by Crippen LogP contribution is 2.19. The van der Waals surface area contributed by atoms with E-state index in [1.165, 1.54) is 6.08 Å². The molecule has 1 unspecified atom stereocenters. The van der Waals surface area contributed by atoms with Crippen molar-refractivity contribution in [3.63, 3.8) is 0 Å². The molecule has 0 saturated carbocycles. The zero-order valence-electron chi connectivity index (χ0n) is 12.7. The van der Waals surface area contributed by atoms with Crippen LogP contribution in [0.3, 0.4) is 0 Å². The summed E-state index contributed by atoms with van der Waals surface area (Å²) in [5.41, 5.74) is 2.20. The third kappa shape index (κ3) is 7.09. The first-order chi connectivity index (χ1) is 9.22. The van der Waals surface area contributed by atoms with E-state index in [0.29, 0.717) is 0 Å². The van der Waals surface area contributed by atoms with Crippen LogP contribution in [0.4, 0.5) is 0 Å². The second-order valence-corrected chi connectivity index (χ2v) is 10.5. The molecule has 0 aromatic carbocycles. The number of hydrogen-bond acceptors (Lipinski definition) is 3. The Morgan fingerprint density at radius 2 is 1.95 bits per heavy atom. The Kier molecular flexibility index (Phi) is 7.84. The van der Waals surface area contributed by atoms with Crippen molar-refractivity contribution in [3.8, 4) is 0 Å². The molecule has 0 bridgehead atoms. The Hall–Kier alpha value is -1.62.